The summed E-state index contributed by atoms with van der Waals surface area (Å²) in [5.74, 6) is 0.515. The molecule has 0 heterocycles. The number of nitrogens with two attached hydrogens (primary N) is 1. The molecule has 1 aromatic rings. The number of hydrogen-bond acceptors (Lipinski definition) is 3. The van der Waals surface area contributed by atoms with Crippen LogP contribution >= 0.6 is 12.4 Å². The number of hydrogen-bond donors (Lipinski definition) is 3. The second-order valence-corrected chi connectivity index (χ2v) is 4.61. The van der Waals surface area contributed by atoms with E-state index in [0.717, 1.165) is 12.1 Å². The second-order valence-electron chi connectivity index (χ2n) is 4.61. The average molecular weight is 259 g/mol. The Morgan fingerprint density at radius 3 is 2.35 bits per heavy atom. The van der Waals surface area contributed by atoms with Gasteiger partial charge in [0.25, 0.3) is 0 Å². The molecule has 4 N–H and O–H groups in total. The molecule has 0 aromatic heterocycles. The first-order valence-corrected chi connectivity index (χ1v) is 5.82. The van der Waals surface area contributed by atoms with E-state index in [2.05, 4.69) is 19.2 Å². The molecule has 0 bridgehead atoms. The molecule has 2 atom stereocenters. The van der Waals surface area contributed by atoms with Gasteiger partial charge >= 0.3 is 0 Å². The molecule has 0 saturated heterocycles. The molecular formula is C13H23ClN2O. The fraction of sp³-hybridized carbons (Fsp3) is 0.538. The van der Waals surface area contributed by atoms with Crippen LogP contribution in [0.4, 0.5) is 5.69 Å². The van der Waals surface area contributed by atoms with Crippen LogP contribution in [0, 0.1) is 5.92 Å². The van der Waals surface area contributed by atoms with E-state index >= 15 is 0 Å². The van der Waals surface area contributed by atoms with Gasteiger partial charge < -0.3 is 16.2 Å². The SMILES string of the molecule is CC(C)CC(N)C(O)CNc1ccccc1.Cl. The smallest absolute Gasteiger partial charge is 0.0863 e. The van der Waals surface area contributed by atoms with Crippen molar-refractivity contribution in [2.24, 2.45) is 11.7 Å². The minimum absolute atomic E-state index is 0. The molecule has 0 aliphatic rings. The fourth-order valence-electron chi connectivity index (χ4n) is 1.63. The summed E-state index contributed by atoms with van der Waals surface area (Å²) in [6, 6.07) is 9.68. The van der Waals surface area contributed by atoms with Crippen molar-refractivity contribution in [1.82, 2.24) is 0 Å². The van der Waals surface area contributed by atoms with Crippen molar-refractivity contribution in [2.45, 2.75) is 32.4 Å². The van der Waals surface area contributed by atoms with Crippen molar-refractivity contribution in [1.29, 1.82) is 0 Å². The number of rotatable bonds is 6. The van der Waals surface area contributed by atoms with Gasteiger partial charge in [-0.2, -0.15) is 0 Å². The Morgan fingerprint density at radius 1 is 1.24 bits per heavy atom. The van der Waals surface area contributed by atoms with Crippen LogP contribution in [0.2, 0.25) is 0 Å². The molecule has 0 saturated carbocycles. The van der Waals surface area contributed by atoms with Crippen LogP contribution in [0.3, 0.4) is 0 Å². The lowest BCUT2D eigenvalue weighted by Crippen LogP contribution is -2.40. The minimum atomic E-state index is -0.498. The summed E-state index contributed by atoms with van der Waals surface area (Å²) >= 11 is 0. The number of aliphatic hydroxyl groups excluding tert-OH is 1. The number of nitrogens with one attached hydrogen (secondary N) is 1. The van der Waals surface area contributed by atoms with E-state index < -0.39 is 6.10 Å². The van der Waals surface area contributed by atoms with Gasteiger partial charge in [-0.25, -0.2) is 0 Å². The third-order valence-electron chi connectivity index (χ3n) is 2.53. The van der Waals surface area contributed by atoms with Crippen LogP contribution in [-0.2, 0) is 0 Å². The van der Waals surface area contributed by atoms with Crippen molar-refractivity contribution >= 4 is 18.1 Å². The molecule has 17 heavy (non-hydrogen) atoms. The predicted molar refractivity (Wildman–Crippen MR) is 75.6 cm³/mol. The predicted octanol–water partition coefficient (Wildman–Crippen LogP) is 2.25. The third kappa shape index (κ3) is 6.51. The average Bonchev–Trinajstić information content (AvgIpc) is 2.26. The van der Waals surface area contributed by atoms with Crippen LogP contribution in [-0.4, -0.2) is 23.8 Å². The Morgan fingerprint density at radius 2 is 1.82 bits per heavy atom. The largest absolute Gasteiger partial charge is 0.390 e. The highest BCUT2D eigenvalue weighted by Gasteiger charge is 2.15. The van der Waals surface area contributed by atoms with Gasteiger partial charge in [0.15, 0.2) is 0 Å². The van der Waals surface area contributed by atoms with E-state index in [0.29, 0.717) is 12.5 Å². The number of aliphatic hydroxyl groups is 1. The third-order valence-corrected chi connectivity index (χ3v) is 2.53. The lowest BCUT2D eigenvalue weighted by atomic mass is 10.00. The zero-order valence-corrected chi connectivity index (χ0v) is 11.3. The van der Waals surface area contributed by atoms with E-state index in [1.807, 2.05) is 30.3 Å². The molecule has 0 amide bonds. The highest BCUT2D eigenvalue weighted by atomic mass is 35.5. The summed E-state index contributed by atoms with van der Waals surface area (Å²) in [6.45, 7) is 4.71. The molecule has 0 radical (unpaired) electrons. The van der Waals surface area contributed by atoms with E-state index in [-0.39, 0.29) is 18.4 Å². The Bertz CT molecular complexity index is 293. The van der Waals surface area contributed by atoms with Crippen molar-refractivity contribution in [3.8, 4) is 0 Å². The molecule has 3 nitrogen and oxygen atoms in total. The van der Waals surface area contributed by atoms with Gasteiger partial charge in [0.2, 0.25) is 0 Å². The first-order chi connectivity index (χ1) is 7.59. The van der Waals surface area contributed by atoms with Gasteiger partial charge in [0, 0.05) is 18.3 Å². The molecule has 0 aliphatic carbocycles. The second kappa shape index (κ2) is 8.34. The Kier molecular flexibility index (Phi) is 7.96. The van der Waals surface area contributed by atoms with Crippen LogP contribution in [0.25, 0.3) is 0 Å². The van der Waals surface area contributed by atoms with Crippen molar-refractivity contribution in [3.63, 3.8) is 0 Å². The quantitative estimate of drug-likeness (QED) is 0.734. The first-order valence-electron chi connectivity index (χ1n) is 5.82. The zero-order valence-electron chi connectivity index (χ0n) is 10.5. The van der Waals surface area contributed by atoms with Gasteiger partial charge in [-0.1, -0.05) is 32.0 Å². The molecule has 1 aromatic carbocycles. The fourth-order valence-corrected chi connectivity index (χ4v) is 1.63. The molecule has 0 aliphatic heterocycles. The lowest BCUT2D eigenvalue weighted by Gasteiger charge is -2.21. The van der Waals surface area contributed by atoms with Gasteiger partial charge in [0.05, 0.1) is 6.10 Å². The van der Waals surface area contributed by atoms with Crippen LogP contribution in [0.5, 0.6) is 0 Å². The van der Waals surface area contributed by atoms with Crippen molar-refractivity contribution in [3.05, 3.63) is 30.3 Å². The van der Waals surface area contributed by atoms with Crippen molar-refractivity contribution in [2.75, 3.05) is 11.9 Å². The van der Waals surface area contributed by atoms with Crippen LogP contribution in [0.15, 0.2) is 30.3 Å². The normalized spacial score (nSPS) is 13.9. The van der Waals surface area contributed by atoms with E-state index in [4.69, 9.17) is 5.73 Å². The van der Waals surface area contributed by atoms with Crippen molar-refractivity contribution < 1.29 is 5.11 Å². The maximum absolute atomic E-state index is 9.84. The lowest BCUT2D eigenvalue weighted by molar-refractivity contribution is 0.146. The number of halogens is 1. The monoisotopic (exact) mass is 258 g/mol. The van der Waals surface area contributed by atoms with Gasteiger partial charge in [-0.3, -0.25) is 0 Å². The maximum atomic E-state index is 9.84. The van der Waals surface area contributed by atoms with E-state index in [9.17, 15) is 5.11 Å². The first kappa shape index (κ1) is 16.2. The van der Waals surface area contributed by atoms with Crippen LogP contribution < -0.4 is 11.1 Å². The topological polar surface area (TPSA) is 58.3 Å². The highest BCUT2D eigenvalue weighted by molar-refractivity contribution is 5.85. The molecule has 4 heteroatoms. The van der Waals surface area contributed by atoms with E-state index in [1.165, 1.54) is 0 Å². The molecular weight excluding hydrogens is 236 g/mol. The summed E-state index contributed by atoms with van der Waals surface area (Å²) in [7, 11) is 0. The number of benzene rings is 1. The Hall–Kier alpha value is -0.770. The number of para-hydroxylation sites is 1. The van der Waals surface area contributed by atoms with Crippen LogP contribution in [0.1, 0.15) is 20.3 Å². The van der Waals surface area contributed by atoms with Gasteiger partial charge in [-0.05, 0) is 24.5 Å². The summed E-state index contributed by atoms with van der Waals surface area (Å²) in [4.78, 5) is 0. The Labute approximate surface area is 110 Å². The molecule has 2 unspecified atom stereocenters. The standard InChI is InChI=1S/C13H22N2O.ClH/c1-10(2)8-12(14)13(16)9-15-11-6-4-3-5-7-11;/h3-7,10,12-13,15-16H,8-9,14H2,1-2H3;1H. The summed E-state index contributed by atoms with van der Waals surface area (Å²) in [5.41, 5.74) is 6.90. The van der Waals surface area contributed by atoms with E-state index in [1.54, 1.807) is 0 Å². The number of anilines is 1. The highest BCUT2D eigenvalue weighted by Crippen LogP contribution is 2.08. The molecule has 0 spiro atoms. The Balaban J connectivity index is 0.00000256. The summed E-state index contributed by atoms with van der Waals surface area (Å²) in [6.07, 6.45) is 0.347. The summed E-state index contributed by atoms with van der Waals surface area (Å²) in [5, 5.41) is 13.0. The molecule has 98 valence electrons. The maximum Gasteiger partial charge on any atom is 0.0863 e. The zero-order chi connectivity index (χ0) is 12.0. The van der Waals surface area contributed by atoms with Gasteiger partial charge in [0.1, 0.15) is 0 Å². The van der Waals surface area contributed by atoms with Gasteiger partial charge in [-0.15, -0.1) is 12.4 Å². The molecule has 0 fully saturated rings. The molecule has 1 rings (SSSR count). The summed E-state index contributed by atoms with van der Waals surface area (Å²) < 4.78 is 0. The minimum Gasteiger partial charge on any atom is -0.390 e.